The highest BCUT2D eigenvalue weighted by molar-refractivity contribution is 9.10. The van der Waals surface area contributed by atoms with Crippen molar-refractivity contribution >= 4 is 31.5 Å². The number of halogens is 1. The van der Waals surface area contributed by atoms with E-state index in [1.165, 1.54) is 0 Å². The van der Waals surface area contributed by atoms with Crippen LogP contribution in [-0.2, 0) is 9.92 Å². The largest absolute Gasteiger partial charge is 0.234 e. The summed E-state index contributed by atoms with van der Waals surface area (Å²) in [6.07, 6.45) is 3.87. The third kappa shape index (κ3) is 3.59. The Bertz CT molecular complexity index is 459. The van der Waals surface area contributed by atoms with E-state index in [0.717, 1.165) is 23.0 Å². The summed E-state index contributed by atoms with van der Waals surface area (Å²) in [5, 5.41) is 0. The molecule has 1 atom stereocenters. The first-order chi connectivity index (χ1) is 7.05. The minimum atomic E-state index is -2.27. The molecule has 82 valence electrons. The highest BCUT2D eigenvalue weighted by Gasteiger charge is 2.23. The van der Waals surface area contributed by atoms with Gasteiger partial charge < -0.3 is 0 Å². The summed E-state index contributed by atoms with van der Waals surface area (Å²) in [4.78, 5) is 0. The van der Waals surface area contributed by atoms with E-state index in [2.05, 4.69) is 25.0 Å². The molecule has 0 bridgehead atoms. The maximum Gasteiger partial charge on any atom is 0.110 e. The zero-order chi connectivity index (χ0) is 10.9. The van der Waals surface area contributed by atoms with Gasteiger partial charge in [-0.05, 0) is 37.1 Å². The van der Waals surface area contributed by atoms with Crippen molar-refractivity contribution in [2.45, 2.75) is 18.9 Å². The molecule has 1 N–H and O–H groups in total. The highest BCUT2D eigenvalue weighted by atomic mass is 79.9. The van der Waals surface area contributed by atoms with Gasteiger partial charge in [-0.3, -0.25) is 0 Å². The number of hydrogen-bond donors (Lipinski definition) is 1. The number of nitrogens with zero attached hydrogens (tertiary/aromatic N) is 1. The van der Waals surface area contributed by atoms with Gasteiger partial charge in [-0.1, -0.05) is 15.9 Å². The van der Waals surface area contributed by atoms with Gasteiger partial charge in [-0.2, -0.15) is 4.36 Å². The summed E-state index contributed by atoms with van der Waals surface area (Å²) >= 11 is 3.35. The summed E-state index contributed by atoms with van der Waals surface area (Å²) in [7, 11) is -2.27. The van der Waals surface area contributed by atoms with Crippen LogP contribution in [0.25, 0.3) is 0 Å². The minimum Gasteiger partial charge on any atom is -0.234 e. The summed E-state index contributed by atoms with van der Waals surface area (Å²) < 4.78 is 20.3. The van der Waals surface area contributed by atoms with Crippen LogP contribution in [0.15, 0.2) is 33.1 Å². The Kier molecular flexibility index (Phi) is 3.13. The SMILES string of the molecule is CS(=O)(=Nc1ccc(Br)cc1)NC1CC1. The maximum atomic E-state index is 12.0. The Morgan fingerprint density at radius 3 is 2.53 bits per heavy atom. The van der Waals surface area contributed by atoms with E-state index >= 15 is 0 Å². The fraction of sp³-hybridized carbons (Fsp3) is 0.400. The average molecular weight is 289 g/mol. The van der Waals surface area contributed by atoms with Crippen LogP contribution in [0.3, 0.4) is 0 Å². The quantitative estimate of drug-likeness (QED) is 0.913. The molecule has 0 amide bonds. The van der Waals surface area contributed by atoms with E-state index in [4.69, 9.17) is 0 Å². The molecule has 0 radical (unpaired) electrons. The topological polar surface area (TPSA) is 41.5 Å². The van der Waals surface area contributed by atoms with Crippen molar-refractivity contribution < 1.29 is 4.21 Å². The lowest BCUT2D eigenvalue weighted by Gasteiger charge is -2.04. The van der Waals surface area contributed by atoms with Crippen molar-refractivity contribution in [2.75, 3.05) is 6.26 Å². The molecule has 1 fully saturated rings. The van der Waals surface area contributed by atoms with Gasteiger partial charge in [0.2, 0.25) is 0 Å². The van der Waals surface area contributed by atoms with Crippen LogP contribution in [0.1, 0.15) is 12.8 Å². The maximum absolute atomic E-state index is 12.0. The van der Waals surface area contributed by atoms with Gasteiger partial charge in [0.25, 0.3) is 0 Å². The summed E-state index contributed by atoms with van der Waals surface area (Å²) in [5.41, 5.74) is 0.749. The van der Waals surface area contributed by atoms with Crippen LogP contribution in [-0.4, -0.2) is 16.5 Å². The molecule has 15 heavy (non-hydrogen) atoms. The van der Waals surface area contributed by atoms with Gasteiger partial charge in [0.05, 0.1) is 5.69 Å². The van der Waals surface area contributed by atoms with E-state index in [1.54, 1.807) is 6.26 Å². The molecule has 0 heterocycles. The number of nitrogens with one attached hydrogen (secondary N) is 1. The van der Waals surface area contributed by atoms with Crippen LogP contribution in [0.2, 0.25) is 0 Å². The first kappa shape index (κ1) is 11.1. The lowest BCUT2D eigenvalue weighted by atomic mass is 10.3. The first-order valence-corrected chi connectivity index (χ1v) is 7.52. The normalized spacial score (nSPS) is 19.6. The number of hydrogen-bond acceptors (Lipinski definition) is 2. The van der Waals surface area contributed by atoms with Gasteiger partial charge in [-0.25, -0.2) is 8.93 Å². The monoisotopic (exact) mass is 288 g/mol. The highest BCUT2D eigenvalue weighted by Crippen LogP contribution is 2.22. The second kappa shape index (κ2) is 4.23. The zero-order valence-corrected chi connectivity index (χ0v) is 10.8. The molecule has 0 aliphatic heterocycles. The third-order valence-corrected chi connectivity index (χ3v) is 3.93. The van der Waals surface area contributed by atoms with Gasteiger partial charge >= 0.3 is 0 Å². The van der Waals surface area contributed by atoms with Gasteiger partial charge in [0, 0.05) is 16.8 Å². The van der Waals surface area contributed by atoms with Crippen LogP contribution in [0.4, 0.5) is 5.69 Å². The Hall–Kier alpha value is -0.390. The minimum absolute atomic E-state index is 0.404. The standard InChI is InChI=1S/C10H13BrN2OS/c1-15(14,13-10-6-7-10)12-9-4-2-8(11)3-5-9/h2-5,10H,6-7H2,1H3,(H,12,13,14). The molecule has 1 saturated carbocycles. The number of benzene rings is 1. The van der Waals surface area contributed by atoms with Gasteiger partial charge in [0.15, 0.2) is 0 Å². The Morgan fingerprint density at radius 2 is 2.00 bits per heavy atom. The Morgan fingerprint density at radius 1 is 1.40 bits per heavy atom. The van der Waals surface area contributed by atoms with Crippen LogP contribution in [0.5, 0.6) is 0 Å². The summed E-state index contributed by atoms with van der Waals surface area (Å²) in [5.74, 6) is 0. The molecule has 5 heteroatoms. The summed E-state index contributed by atoms with van der Waals surface area (Å²) in [6.45, 7) is 0. The molecule has 1 aliphatic carbocycles. The fourth-order valence-electron chi connectivity index (χ4n) is 1.24. The molecule has 0 saturated heterocycles. The van der Waals surface area contributed by atoms with Crippen molar-refractivity contribution in [2.24, 2.45) is 4.36 Å². The van der Waals surface area contributed by atoms with Crippen LogP contribution < -0.4 is 4.72 Å². The lowest BCUT2D eigenvalue weighted by molar-refractivity contribution is 0.668. The predicted octanol–water partition coefficient (Wildman–Crippen LogP) is 2.85. The second-order valence-electron chi connectivity index (χ2n) is 3.76. The fourth-order valence-corrected chi connectivity index (χ4v) is 2.94. The lowest BCUT2D eigenvalue weighted by Crippen LogP contribution is -2.23. The van der Waals surface area contributed by atoms with Crippen molar-refractivity contribution in [3.8, 4) is 0 Å². The molecule has 0 aromatic heterocycles. The average Bonchev–Trinajstić information content (AvgIpc) is 2.91. The van der Waals surface area contributed by atoms with Crippen molar-refractivity contribution in [1.82, 2.24) is 4.72 Å². The van der Waals surface area contributed by atoms with E-state index in [9.17, 15) is 4.21 Å². The van der Waals surface area contributed by atoms with Crippen LogP contribution in [0, 0.1) is 0 Å². The molecule has 0 spiro atoms. The molecule has 1 unspecified atom stereocenters. The predicted molar refractivity (Wildman–Crippen MR) is 66.5 cm³/mol. The molecule has 2 rings (SSSR count). The van der Waals surface area contributed by atoms with Gasteiger partial charge in [-0.15, -0.1) is 0 Å². The number of rotatable bonds is 3. The Balaban J connectivity index is 2.19. The molecule has 3 nitrogen and oxygen atoms in total. The van der Waals surface area contributed by atoms with Gasteiger partial charge in [0.1, 0.15) is 9.92 Å². The van der Waals surface area contributed by atoms with E-state index in [1.807, 2.05) is 24.3 Å². The van der Waals surface area contributed by atoms with Crippen molar-refractivity contribution in [3.63, 3.8) is 0 Å². The van der Waals surface area contributed by atoms with E-state index < -0.39 is 9.92 Å². The molecule has 1 aliphatic rings. The second-order valence-corrected chi connectivity index (χ2v) is 6.70. The summed E-state index contributed by atoms with van der Waals surface area (Å²) in [6, 6.07) is 7.89. The molecular weight excluding hydrogens is 276 g/mol. The first-order valence-electron chi connectivity index (χ1n) is 4.80. The smallest absolute Gasteiger partial charge is 0.110 e. The van der Waals surface area contributed by atoms with Crippen molar-refractivity contribution in [1.29, 1.82) is 0 Å². The zero-order valence-electron chi connectivity index (χ0n) is 8.44. The van der Waals surface area contributed by atoms with Crippen molar-refractivity contribution in [3.05, 3.63) is 28.7 Å². The molecular formula is C10H13BrN2OS. The molecule has 1 aromatic rings. The molecule has 1 aromatic carbocycles. The third-order valence-electron chi connectivity index (χ3n) is 2.07. The van der Waals surface area contributed by atoms with E-state index in [-0.39, 0.29) is 0 Å². The Labute approximate surface area is 98.7 Å². The van der Waals surface area contributed by atoms with Crippen LogP contribution >= 0.6 is 15.9 Å². The van der Waals surface area contributed by atoms with E-state index in [0.29, 0.717) is 6.04 Å².